The van der Waals surface area contributed by atoms with Crippen molar-refractivity contribution in [2.45, 2.75) is 32.9 Å². The first kappa shape index (κ1) is 15.7. The molecule has 0 bridgehead atoms. The quantitative estimate of drug-likeness (QED) is 0.829. The van der Waals surface area contributed by atoms with E-state index in [0.29, 0.717) is 13.2 Å². The average molecular weight is 288 g/mol. The fourth-order valence-corrected chi connectivity index (χ4v) is 2.00. The molecule has 1 heterocycles. The summed E-state index contributed by atoms with van der Waals surface area (Å²) in [6.45, 7) is 8.26. The molecule has 0 aliphatic rings. The molecule has 0 amide bonds. The van der Waals surface area contributed by atoms with Crippen molar-refractivity contribution in [3.63, 3.8) is 0 Å². The lowest BCUT2D eigenvalue weighted by molar-refractivity contribution is 0.147. The van der Waals surface area contributed by atoms with E-state index in [2.05, 4.69) is 26.1 Å². The van der Waals surface area contributed by atoms with Crippen LogP contribution < -0.4 is 10.1 Å². The zero-order valence-electron chi connectivity index (χ0n) is 13.3. The second-order valence-corrected chi connectivity index (χ2v) is 6.07. The third-order valence-electron chi connectivity index (χ3n) is 3.08. The number of rotatable bonds is 6. The summed E-state index contributed by atoms with van der Waals surface area (Å²) in [5, 5.41) is 4.49. The lowest BCUT2D eigenvalue weighted by Crippen LogP contribution is -2.35. The van der Waals surface area contributed by atoms with E-state index in [1.165, 1.54) is 0 Å². The number of para-hydroxylation sites is 1. The number of benzene rings is 1. The molecule has 0 atom stereocenters. The van der Waals surface area contributed by atoms with Crippen LogP contribution in [0.1, 0.15) is 26.5 Å². The van der Waals surface area contributed by atoms with Gasteiger partial charge in [0.25, 0.3) is 0 Å². The van der Waals surface area contributed by atoms with Crippen LogP contribution in [0.25, 0.3) is 10.9 Å². The first-order valence-corrected chi connectivity index (χ1v) is 7.25. The minimum atomic E-state index is 0.0599. The smallest absolute Gasteiger partial charge is 0.130 e. The van der Waals surface area contributed by atoms with Crippen LogP contribution >= 0.6 is 0 Å². The lowest BCUT2D eigenvalue weighted by atomic mass is 10.1. The second-order valence-electron chi connectivity index (χ2n) is 6.07. The maximum Gasteiger partial charge on any atom is 0.130 e. The van der Waals surface area contributed by atoms with Crippen LogP contribution in [0.4, 0.5) is 0 Å². The molecule has 4 heteroatoms. The summed E-state index contributed by atoms with van der Waals surface area (Å²) >= 11 is 0. The monoisotopic (exact) mass is 288 g/mol. The minimum Gasteiger partial charge on any atom is -0.490 e. The molecule has 0 aliphatic carbocycles. The Hall–Kier alpha value is -1.65. The highest BCUT2D eigenvalue weighted by molar-refractivity contribution is 5.85. The Bertz CT molecular complexity index is 591. The summed E-state index contributed by atoms with van der Waals surface area (Å²) in [6, 6.07) is 10.1. The Kier molecular flexibility index (Phi) is 5.15. The molecule has 2 aromatic rings. The lowest BCUT2D eigenvalue weighted by Gasteiger charge is -2.20. The van der Waals surface area contributed by atoms with Crippen molar-refractivity contribution >= 4 is 10.9 Å². The molecule has 1 N–H and O–H groups in total. The Balaban J connectivity index is 2.26. The van der Waals surface area contributed by atoms with E-state index in [-0.39, 0.29) is 5.54 Å². The largest absolute Gasteiger partial charge is 0.490 e. The zero-order chi connectivity index (χ0) is 15.3. The number of ether oxygens (including phenoxy) is 2. The van der Waals surface area contributed by atoms with Gasteiger partial charge < -0.3 is 14.8 Å². The second kappa shape index (κ2) is 6.87. The van der Waals surface area contributed by atoms with Gasteiger partial charge in [-0.2, -0.15) is 0 Å². The predicted molar refractivity (Wildman–Crippen MR) is 85.7 cm³/mol. The third kappa shape index (κ3) is 4.69. The number of fused-ring (bicyclic) bond motifs is 1. The standard InChI is InChI=1S/C17H24N2O2/c1-17(2,3)18-12-13-11-16(21-10-9-20-4)14-7-5-6-8-15(14)19-13/h5-8,11,18H,9-10,12H2,1-4H3. The van der Waals surface area contributed by atoms with Crippen molar-refractivity contribution in [1.29, 1.82) is 0 Å². The van der Waals surface area contributed by atoms with Crippen LogP contribution in [-0.2, 0) is 11.3 Å². The molecule has 21 heavy (non-hydrogen) atoms. The van der Waals surface area contributed by atoms with Gasteiger partial charge in [0.15, 0.2) is 0 Å². The molecule has 1 aromatic carbocycles. The van der Waals surface area contributed by atoms with Gasteiger partial charge in [0.2, 0.25) is 0 Å². The minimum absolute atomic E-state index is 0.0599. The Morgan fingerprint density at radius 1 is 1.14 bits per heavy atom. The van der Waals surface area contributed by atoms with E-state index in [9.17, 15) is 0 Å². The van der Waals surface area contributed by atoms with Gasteiger partial charge in [-0.25, -0.2) is 0 Å². The molecule has 114 valence electrons. The molecule has 4 nitrogen and oxygen atoms in total. The summed E-state index contributed by atoms with van der Waals surface area (Å²) in [4.78, 5) is 4.69. The molecular weight excluding hydrogens is 264 g/mol. The summed E-state index contributed by atoms with van der Waals surface area (Å²) < 4.78 is 10.9. The van der Waals surface area contributed by atoms with Gasteiger partial charge in [-0.1, -0.05) is 12.1 Å². The number of nitrogens with one attached hydrogen (secondary N) is 1. The Morgan fingerprint density at radius 2 is 1.90 bits per heavy atom. The van der Waals surface area contributed by atoms with Gasteiger partial charge >= 0.3 is 0 Å². The fraction of sp³-hybridized carbons (Fsp3) is 0.471. The van der Waals surface area contributed by atoms with Crippen molar-refractivity contribution in [3.8, 4) is 5.75 Å². The Labute approximate surface area is 126 Å². The normalized spacial score (nSPS) is 11.8. The maximum absolute atomic E-state index is 5.84. The molecule has 0 saturated heterocycles. The van der Waals surface area contributed by atoms with Crippen LogP contribution in [-0.4, -0.2) is 30.8 Å². The third-order valence-corrected chi connectivity index (χ3v) is 3.08. The number of methoxy groups -OCH3 is 1. The van der Waals surface area contributed by atoms with Gasteiger partial charge in [0.05, 0.1) is 17.8 Å². The van der Waals surface area contributed by atoms with Crippen molar-refractivity contribution in [2.24, 2.45) is 0 Å². The topological polar surface area (TPSA) is 43.4 Å². The number of aromatic nitrogens is 1. The highest BCUT2D eigenvalue weighted by Crippen LogP contribution is 2.25. The maximum atomic E-state index is 5.84. The van der Waals surface area contributed by atoms with E-state index in [1.54, 1.807) is 7.11 Å². The summed E-state index contributed by atoms with van der Waals surface area (Å²) in [5.74, 6) is 0.864. The zero-order valence-corrected chi connectivity index (χ0v) is 13.3. The van der Waals surface area contributed by atoms with Crippen LogP contribution in [0.5, 0.6) is 5.75 Å². The van der Waals surface area contributed by atoms with E-state index < -0.39 is 0 Å². The van der Waals surface area contributed by atoms with Crippen molar-refractivity contribution in [1.82, 2.24) is 10.3 Å². The molecule has 0 aliphatic heterocycles. The Morgan fingerprint density at radius 3 is 2.62 bits per heavy atom. The van der Waals surface area contributed by atoms with Crippen LogP contribution in [0.15, 0.2) is 30.3 Å². The SMILES string of the molecule is COCCOc1cc(CNC(C)(C)C)nc2ccccc12. The van der Waals surface area contributed by atoms with Gasteiger partial charge in [-0.3, -0.25) is 4.98 Å². The molecule has 0 spiro atoms. The number of pyridine rings is 1. The molecule has 0 saturated carbocycles. The summed E-state index contributed by atoms with van der Waals surface area (Å²) in [6.07, 6.45) is 0. The van der Waals surface area contributed by atoms with Crippen molar-refractivity contribution in [3.05, 3.63) is 36.0 Å². The number of nitrogens with zero attached hydrogens (tertiary/aromatic N) is 1. The van der Waals surface area contributed by atoms with Gasteiger partial charge in [-0.15, -0.1) is 0 Å². The first-order chi connectivity index (χ1) is 9.99. The molecule has 1 aromatic heterocycles. The van der Waals surface area contributed by atoms with Crippen LogP contribution in [0.3, 0.4) is 0 Å². The van der Waals surface area contributed by atoms with Crippen LogP contribution in [0, 0.1) is 0 Å². The molecule has 2 rings (SSSR count). The highest BCUT2D eigenvalue weighted by atomic mass is 16.5. The molecule has 0 fully saturated rings. The van der Waals surface area contributed by atoms with Crippen molar-refractivity contribution in [2.75, 3.05) is 20.3 Å². The van der Waals surface area contributed by atoms with E-state index in [1.807, 2.05) is 30.3 Å². The predicted octanol–water partition coefficient (Wildman–Crippen LogP) is 3.15. The molecule has 0 radical (unpaired) electrons. The highest BCUT2D eigenvalue weighted by Gasteiger charge is 2.11. The molecule has 0 unspecified atom stereocenters. The number of hydrogen-bond acceptors (Lipinski definition) is 4. The van der Waals surface area contributed by atoms with Crippen LogP contribution in [0.2, 0.25) is 0 Å². The van der Waals surface area contributed by atoms with Gasteiger partial charge in [0.1, 0.15) is 12.4 Å². The van der Waals surface area contributed by atoms with E-state index >= 15 is 0 Å². The van der Waals surface area contributed by atoms with Crippen molar-refractivity contribution < 1.29 is 9.47 Å². The van der Waals surface area contributed by atoms with Gasteiger partial charge in [0, 0.05) is 30.6 Å². The van der Waals surface area contributed by atoms with E-state index in [0.717, 1.165) is 28.9 Å². The van der Waals surface area contributed by atoms with Gasteiger partial charge in [-0.05, 0) is 32.9 Å². The van der Waals surface area contributed by atoms with E-state index in [4.69, 9.17) is 14.5 Å². The first-order valence-electron chi connectivity index (χ1n) is 7.25. The average Bonchev–Trinajstić information content (AvgIpc) is 2.44. The number of hydrogen-bond donors (Lipinski definition) is 1. The summed E-state index contributed by atoms with van der Waals surface area (Å²) in [7, 11) is 1.67. The fourth-order valence-electron chi connectivity index (χ4n) is 2.00. The molecular formula is C17H24N2O2. The summed E-state index contributed by atoms with van der Waals surface area (Å²) in [5.41, 5.74) is 2.00.